The molecule has 5 nitrogen and oxygen atoms in total. The van der Waals surface area contributed by atoms with Crippen molar-refractivity contribution in [1.82, 2.24) is 14.5 Å². The molecule has 2 aromatic rings. The summed E-state index contributed by atoms with van der Waals surface area (Å²) in [6.45, 7) is 1.24. The highest BCUT2D eigenvalue weighted by molar-refractivity contribution is 5.55. The first-order valence-electron chi connectivity index (χ1n) is 6.33. The van der Waals surface area contributed by atoms with Crippen molar-refractivity contribution in [3.63, 3.8) is 0 Å². The summed E-state index contributed by atoms with van der Waals surface area (Å²) in [5.41, 5.74) is 1.35. The van der Waals surface area contributed by atoms with Gasteiger partial charge in [-0.15, -0.1) is 0 Å². The zero-order valence-electron chi connectivity index (χ0n) is 11.6. The molecule has 0 aliphatic carbocycles. The molecule has 0 unspecified atom stereocenters. The summed E-state index contributed by atoms with van der Waals surface area (Å²) < 4.78 is 1.61. The molecule has 0 saturated heterocycles. The molecule has 5 heteroatoms. The molecule has 0 bridgehead atoms. The Bertz CT molecular complexity index is 683. The number of likely N-dealkylation sites (N-methyl/N-ethyl adjacent to an activating group) is 1. The van der Waals surface area contributed by atoms with Crippen LogP contribution in [-0.2, 0) is 6.54 Å². The molecule has 0 radical (unpaired) electrons. The van der Waals surface area contributed by atoms with Crippen LogP contribution in [0, 0.1) is 11.3 Å². The largest absolute Gasteiger partial charge is 0.308 e. The van der Waals surface area contributed by atoms with E-state index < -0.39 is 0 Å². The average Bonchev–Trinajstić information content (AvgIpc) is 2.46. The lowest BCUT2D eigenvalue weighted by Gasteiger charge is -2.15. The van der Waals surface area contributed by atoms with Gasteiger partial charge < -0.3 is 9.47 Å². The van der Waals surface area contributed by atoms with E-state index in [9.17, 15) is 4.79 Å². The number of hydrogen-bond donors (Lipinski definition) is 0. The summed E-state index contributed by atoms with van der Waals surface area (Å²) in [4.78, 5) is 18.6. The van der Waals surface area contributed by atoms with Crippen LogP contribution in [0.3, 0.4) is 0 Å². The van der Waals surface area contributed by atoms with Gasteiger partial charge in [0.2, 0.25) is 0 Å². The third-order valence-electron chi connectivity index (χ3n) is 2.99. The van der Waals surface area contributed by atoms with Gasteiger partial charge >= 0.3 is 0 Å². The minimum Gasteiger partial charge on any atom is -0.308 e. The zero-order valence-corrected chi connectivity index (χ0v) is 11.6. The van der Waals surface area contributed by atoms with Gasteiger partial charge in [-0.3, -0.25) is 9.78 Å². The molecule has 0 aliphatic rings. The van der Waals surface area contributed by atoms with Crippen LogP contribution in [-0.4, -0.2) is 35.1 Å². The molecule has 0 aliphatic heterocycles. The zero-order chi connectivity index (χ0) is 14.5. The minimum atomic E-state index is -0.266. The Morgan fingerprint density at radius 1 is 1.30 bits per heavy atom. The molecular weight excluding hydrogens is 252 g/mol. The van der Waals surface area contributed by atoms with Crippen LogP contribution in [0.25, 0.3) is 11.4 Å². The SMILES string of the molecule is CN(C)CCn1c(-c2ccccn2)ccc(C#N)c1=O. The summed E-state index contributed by atoms with van der Waals surface area (Å²) in [5.74, 6) is 0. The molecule has 0 amide bonds. The second kappa shape index (κ2) is 6.13. The highest BCUT2D eigenvalue weighted by Crippen LogP contribution is 2.15. The van der Waals surface area contributed by atoms with Gasteiger partial charge in [0.15, 0.2) is 0 Å². The molecule has 0 fully saturated rings. The van der Waals surface area contributed by atoms with Crippen LogP contribution < -0.4 is 5.56 Å². The molecule has 0 saturated carbocycles. The van der Waals surface area contributed by atoms with Crippen molar-refractivity contribution < 1.29 is 0 Å². The maximum atomic E-state index is 12.3. The Labute approximate surface area is 117 Å². The predicted molar refractivity (Wildman–Crippen MR) is 77.2 cm³/mol. The lowest BCUT2D eigenvalue weighted by Crippen LogP contribution is -2.29. The molecule has 102 valence electrons. The number of rotatable bonds is 4. The van der Waals surface area contributed by atoms with E-state index in [0.29, 0.717) is 13.1 Å². The Kier molecular flexibility index (Phi) is 4.28. The summed E-state index contributed by atoms with van der Waals surface area (Å²) >= 11 is 0. The predicted octanol–water partition coefficient (Wildman–Crippen LogP) is 1.34. The molecule has 2 rings (SSSR count). The van der Waals surface area contributed by atoms with Crippen LogP contribution in [0.4, 0.5) is 0 Å². The minimum absolute atomic E-state index is 0.156. The van der Waals surface area contributed by atoms with Crippen molar-refractivity contribution in [2.75, 3.05) is 20.6 Å². The second-order valence-corrected chi connectivity index (χ2v) is 4.72. The monoisotopic (exact) mass is 268 g/mol. The Morgan fingerprint density at radius 2 is 2.10 bits per heavy atom. The Hall–Kier alpha value is -2.45. The maximum Gasteiger partial charge on any atom is 0.269 e. The summed E-state index contributed by atoms with van der Waals surface area (Å²) in [6.07, 6.45) is 1.69. The van der Waals surface area contributed by atoms with Gasteiger partial charge in [0, 0.05) is 19.3 Å². The number of nitrogens with zero attached hydrogens (tertiary/aromatic N) is 4. The molecule has 2 aromatic heterocycles. The molecule has 0 aromatic carbocycles. The topological polar surface area (TPSA) is 61.9 Å². The van der Waals surface area contributed by atoms with Crippen molar-refractivity contribution in [3.8, 4) is 17.5 Å². The first-order chi connectivity index (χ1) is 9.63. The fourth-order valence-corrected chi connectivity index (χ4v) is 1.92. The fourth-order valence-electron chi connectivity index (χ4n) is 1.92. The van der Waals surface area contributed by atoms with Crippen LogP contribution >= 0.6 is 0 Å². The molecular formula is C15H16N4O. The van der Waals surface area contributed by atoms with E-state index in [-0.39, 0.29) is 11.1 Å². The van der Waals surface area contributed by atoms with E-state index in [1.807, 2.05) is 43.3 Å². The van der Waals surface area contributed by atoms with Gasteiger partial charge in [0.25, 0.3) is 5.56 Å². The highest BCUT2D eigenvalue weighted by atomic mass is 16.1. The van der Waals surface area contributed by atoms with Crippen molar-refractivity contribution >= 4 is 0 Å². The first kappa shape index (κ1) is 14.0. The van der Waals surface area contributed by atoms with Crippen LogP contribution in [0.2, 0.25) is 0 Å². The summed E-state index contributed by atoms with van der Waals surface area (Å²) in [5, 5.41) is 8.99. The van der Waals surface area contributed by atoms with Gasteiger partial charge in [-0.2, -0.15) is 5.26 Å². The number of pyridine rings is 2. The van der Waals surface area contributed by atoms with Gasteiger partial charge in [-0.25, -0.2) is 0 Å². The van der Waals surface area contributed by atoms with Crippen LogP contribution in [0.5, 0.6) is 0 Å². The van der Waals surface area contributed by atoms with E-state index >= 15 is 0 Å². The quantitative estimate of drug-likeness (QED) is 0.839. The Balaban J connectivity index is 2.54. The fraction of sp³-hybridized carbons (Fsp3) is 0.267. The number of aromatic nitrogens is 2. The van der Waals surface area contributed by atoms with Gasteiger partial charge in [-0.1, -0.05) is 6.07 Å². The summed E-state index contributed by atoms with van der Waals surface area (Å²) in [6, 6.07) is 10.8. The summed E-state index contributed by atoms with van der Waals surface area (Å²) in [7, 11) is 3.89. The molecule has 20 heavy (non-hydrogen) atoms. The van der Waals surface area contributed by atoms with E-state index in [0.717, 1.165) is 11.4 Å². The Morgan fingerprint density at radius 3 is 2.70 bits per heavy atom. The first-order valence-corrected chi connectivity index (χ1v) is 6.33. The van der Waals surface area contributed by atoms with Crippen molar-refractivity contribution in [1.29, 1.82) is 5.26 Å². The normalized spacial score (nSPS) is 10.5. The van der Waals surface area contributed by atoms with Crippen molar-refractivity contribution in [3.05, 3.63) is 52.4 Å². The third-order valence-corrected chi connectivity index (χ3v) is 2.99. The van der Waals surface area contributed by atoms with E-state index in [1.165, 1.54) is 0 Å². The molecule has 2 heterocycles. The third kappa shape index (κ3) is 2.92. The van der Waals surface area contributed by atoms with Crippen molar-refractivity contribution in [2.24, 2.45) is 0 Å². The van der Waals surface area contributed by atoms with E-state index in [2.05, 4.69) is 4.98 Å². The van der Waals surface area contributed by atoms with Crippen LogP contribution in [0.15, 0.2) is 41.3 Å². The maximum absolute atomic E-state index is 12.3. The average molecular weight is 268 g/mol. The molecule has 0 spiro atoms. The number of nitriles is 1. The molecule has 0 N–H and O–H groups in total. The van der Waals surface area contributed by atoms with Crippen LogP contribution in [0.1, 0.15) is 5.56 Å². The van der Waals surface area contributed by atoms with E-state index in [1.54, 1.807) is 22.9 Å². The smallest absolute Gasteiger partial charge is 0.269 e. The van der Waals surface area contributed by atoms with E-state index in [4.69, 9.17) is 5.26 Å². The van der Waals surface area contributed by atoms with Crippen molar-refractivity contribution in [2.45, 2.75) is 6.54 Å². The van der Waals surface area contributed by atoms with Gasteiger partial charge in [0.1, 0.15) is 11.6 Å². The van der Waals surface area contributed by atoms with Gasteiger partial charge in [-0.05, 0) is 38.4 Å². The highest BCUT2D eigenvalue weighted by Gasteiger charge is 2.11. The lowest BCUT2D eigenvalue weighted by atomic mass is 10.2. The molecule has 0 atom stereocenters. The lowest BCUT2D eigenvalue weighted by molar-refractivity contribution is 0.382. The van der Waals surface area contributed by atoms with Gasteiger partial charge in [0.05, 0.1) is 11.4 Å². The standard InChI is InChI=1S/C15H16N4O/c1-18(2)9-10-19-14(13-5-3-4-8-17-13)7-6-12(11-16)15(19)20/h3-8H,9-10H2,1-2H3. The second-order valence-electron chi connectivity index (χ2n) is 4.72. The number of hydrogen-bond acceptors (Lipinski definition) is 4.